The molecule has 1 fully saturated rings. The highest BCUT2D eigenvalue weighted by Gasteiger charge is 2.19. The molecule has 1 aliphatic heterocycles. The minimum atomic E-state index is 0.259. The molecule has 1 aromatic rings. The Kier molecular flexibility index (Phi) is 4.57. The Hall–Kier alpha value is -0.870. The van der Waals surface area contributed by atoms with Crippen molar-refractivity contribution in [1.82, 2.24) is 14.9 Å². The second kappa shape index (κ2) is 6.17. The summed E-state index contributed by atoms with van der Waals surface area (Å²) in [5.74, 6) is 0.660. The van der Waals surface area contributed by atoms with E-state index in [9.17, 15) is 0 Å². The number of ether oxygens (including phenoxy) is 1. The first kappa shape index (κ1) is 12.6. The Morgan fingerprint density at radius 3 is 3.00 bits per heavy atom. The SMILES string of the molecule is CCOC(C)Cn1cncc1C1CCNCC1. The van der Waals surface area contributed by atoms with E-state index in [0.29, 0.717) is 5.92 Å². The summed E-state index contributed by atoms with van der Waals surface area (Å²) in [6, 6.07) is 0. The summed E-state index contributed by atoms with van der Waals surface area (Å²) in [6.45, 7) is 8.09. The maximum Gasteiger partial charge on any atom is 0.0949 e. The van der Waals surface area contributed by atoms with Gasteiger partial charge in [-0.05, 0) is 39.8 Å². The van der Waals surface area contributed by atoms with Crippen LogP contribution in [0, 0.1) is 0 Å². The number of piperidine rings is 1. The third kappa shape index (κ3) is 3.30. The smallest absolute Gasteiger partial charge is 0.0949 e. The van der Waals surface area contributed by atoms with Crippen LogP contribution in [0.3, 0.4) is 0 Å². The summed E-state index contributed by atoms with van der Waals surface area (Å²) in [5, 5.41) is 3.40. The van der Waals surface area contributed by atoms with Gasteiger partial charge in [0.1, 0.15) is 0 Å². The molecule has 0 amide bonds. The molecule has 2 rings (SSSR count). The van der Waals surface area contributed by atoms with E-state index in [1.54, 1.807) is 0 Å². The van der Waals surface area contributed by atoms with Crippen molar-refractivity contribution in [3.63, 3.8) is 0 Å². The van der Waals surface area contributed by atoms with Crippen molar-refractivity contribution in [2.24, 2.45) is 0 Å². The Bertz CT molecular complexity index is 331. The van der Waals surface area contributed by atoms with E-state index < -0.39 is 0 Å². The number of hydrogen-bond donors (Lipinski definition) is 1. The Morgan fingerprint density at radius 1 is 1.53 bits per heavy atom. The quantitative estimate of drug-likeness (QED) is 0.848. The van der Waals surface area contributed by atoms with Gasteiger partial charge in [-0.1, -0.05) is 0 Å². The molecule has 1 aromatic heterocycles. The largest absolute Gasteiger partial charge is 0.377 e. The fourth-order valence-corrected chi connectivity index (χ4v) is 2.56. The van der Waals surface area contributed by atoms with E-state index in [1.807, 2.05) is 19.4 Å². The van der Waals surface area contributed by atoms with E-state index in [2.05, 4.69) is 21.8 Å². The summed E-state index contributed by atoms with van der Waals surface area (Å²) < 4.78 is 7.86. The van der Waals surface area contributed by atoms with Crippen molar-refractivity contribution < 1.29 is 4.74 Å². The zero-order valence-electron chi connectivity index (χ0n) is 10.9. The lowest BCUT2D eigenvalue weighted by Crippen LogP contribution is -2.28. The van der Waals surface area contributed by atoms with Crippen LogP contribution in [0.25, 0.3) is 0 Å². The number of aromatic nitrogens is 2. The molecule has 1 saturated heterocycles. The molecule has 0 bridgehead atoms. The van der Waals surface area contributed by atoms with Crippen LogP contribution in [0.4, 0.5) is 0 Å². The van der Waals surface area contributed by atoms with Gasteiger partial charge in [0.15, 0.2) is 0 Å². The second-order valence-corrected chi connectivity index (χ2v) is 4.76. The van der Waals surface area contributed by atoms with Gasteiger partial charge in [0.2, 0.25) is 0 Å². The maximum atomic E-state index is 5.60. The molecule has 17 heavy (non-hydrogen) atoms. The summed E-state index contributed by atoms with van der Waals surface area (Å²) >= 11 is 0. The van der Waals surface area contributed by atoms with Gasteiger partial charge in [0.25, 0.3) is 0 Å². The third-order valence-electron chi connectivity index (χ3n) is 3.41. The van der Waals surface area contributed by atoms with E-state index >= 15 is 0 Å². The number of nitrogens with one attached hydrogen (secondary N) is 1. The van der Waals surface area contributed by atoms with Gasteiger partial charge in [-0.25, -0.2) is 4.98 Å². The van der Waals surface area contributed by atoms with Crippen molar-refractivity contribution in [3.8, 4) is 0 Å². The van der Waals surface area contributed by atoms with Gasteiger partial charge in [-0.15, -0.1) is 0 Å². The molecule has 0 saturated carbocycles. The molecule has 1 unspecified atom stereocenters. The highest BCUT2D eigenvalue weighted by Crippen LogP contribution is 2.25. The lowest BCUT2D eigenvalue weighted by atomic mass is 9.95. The van der Waals surface area contributed by atoms with Crippen LogP contribution >= 0.6 is 0 Å². The Labute approximate surface area is 103 Å². The lowest BCUT2D eigenvalue weighted by molar-refractivity contribution is 0.0631. The van der Waals surface area contributed by atoms with Gasteiger partial charge in [0, 0.05) is 31.0 Å². The fourth-order valence-electron chi connectivity index (χ4n) is 2.56. The summed E-state index contributed by atoms with van der Waals surface area (Å²) in [6.07, 6.45) is 6.65. The van der Waals surface area contributed by atoms with Crippen LogP contribution in [0.2, 0.25) is 0 Å². The number of nitrogens with zero attached hydrogens (tertiary/aromatic N) is 2. The molecular formula is C13H23N3O. The normalized spacial score (nSPS) is 19.4. The van der Waals surface area contributed by atoms with E-state index in [4.69, 9.17) is 4.74 Å². The van der Waals surface area contributed by atoms with Gasteiger partial charge < -0.3 is 14.6 Å². The maximum absolute atomic E-state index is 5.60. The Morgan fingerprint density at radius 2 is 2.29 bits per heavy atom. The fraction of sp³-hybridized carbons (Fsp3) is 0.769. The number of imidazole rings is 1. The van der Waals surface area contributed by atoms with Crippen LogP contribution in [0.15, 0.2) is 12.5 Å². The monoisotopic (exact) mass is 237 g/mol. The Balaban J connectivity index is 2.00. The van der Waals surface area contributed by atoms with Crippen molar-refractivity contribution in [3.05, 3.63) is 18.2 Å². The topological polar surface area (TPSA) is 39.1 Å². The van der Waals surface area contributed by atoms with E-state index in [-0.39, 0.29) is 6.10 Å². The van der Waals surface area contributed by atoms with E-state index in [0.717, 1.165) is 26.2 Å². The molecule has 0 aliphatic carbocycles. The second-order valence-electron chi connectivity index (χ2n) is 4.76. The molecule has 96 valence electrons. The van der Waals surface area contributed by atoms with Gasteiger partial charge in [-0.3, -0.25) is 0 Å². The first-order valence-electron chi connectivity index (χ1n) is 6.63. The van der Waals surface area contributed by atoms with Crippen LogP contribution < -0.4 is 5.32 Å². The molecule has 4 heteroatoms. The predicted molar refractivity (Wildman–Crippen MR) is 68.2 cm³/mol. The highest BCUT2D eigenvalue weighted by molar-refractivity contribution is 5.08. The summed E-state index contributed by atoms with van der Waals surface area (Å²) in [4.78, 5) is 4.30. The third-order valence-corrected chi connectivity index (χ3v) is 3.41. The van der Waals surface area contributed by atoms with Crippen molar-refractivity contribution >= 4 is 0 Å². The van der Waals surface area contributed by atoms with Crippen molar-refractivity contribution in [2.45, 2.75) is 45.3 Å². The van der Waals surface area contributed by atoms with Crippen LogP contribution in [0.5, 0.6) is 0 Å². The van der Waals surface area contributed by atoms with Gasteiger partial charge in [-0.2, -0.15) is 0 Å². The average Bonchev–Trinajstić information content (AvgIpc) is 2.78. The van der Waals surface area contributed by atoms with E-state index in [1.165, 1.54) is 18.5 Å². The standard InChI is InChI=1S/C13H23N3O/c1-3-17-11(2)9-16-10-15-8-13(16)12-4-6-14-7-5-12/h8,10-12,14H,3-7,9H2,1-2H3. The molecule has 1 N–H and O–H groups in total. The summed E-state index contributed by atoms with van der Waals surface area (Å²) in [7, 11) is 0. The highest BCUT2D eigenvalue weighted by atomic mass is 16.5. The zero-order valence-corrected chi connectivity index (χ0v) is 10.9. The summed E-state index contributed by atoms with van der Waals surface area (Å²) in [5.41, 5.74) is 1.37. The van der Waals surface area contributed by atoms with Gasteiger partial charge in [0.05, 0.1) is 12.4 Å². The molecule has 0 aromatic carbocycles. The molecule has 2 heterocycles. The molecule has 1 aliphatic rings. The van der Waals surface area contributed by atoms with Gasteiger partial charge >= 0.3 is 0 Å². The molecule has 0 spiro atoms. The average molecular weight is 237 g/mol. The molecule has 0 radical (unpaired) electrons. The van der Waals surface area contributed by atoms with Crippen molar-refractivity contribution in [1.29, 1.82) is 0 Å². The first-order chi connectivity index (χ1) is 8.31. The molecule has 1 atom stereocenters. The zero-order chi connectivity index (χ0) is 12.1. The van der Waals surface area contributed by atoms with Crippen LogP contribution in [0.1, 0.15) is 38.3 Å². The first-order valence-corrected chi connectivity index (χ1v) is 6.63. The number of rotatable bonds is 5. The molecular weight excluding hydrogens is 214 g/mol. The number of hydrogen-bond acceptors (Lipinski definition) is 3. The minimum Gasteiger partial charge on any atom is -0.377 e. The van der Waals surface area contributed by atoms with Crippen LogP contribution in [-0.4, -0.2) is 35.4 Å². The molecule has 4 nitrogen and oxygen atoms in total. The van der Waals surface area contributed by atoms with Crippen LogP contribution in [-0.2, 0) is 11.3 Å². The predicted octanol–water partition coefficient (Wildman–Crippen LogP) is 1.78. The van der Waals surface area contributed by atoms with Crippen molar-refractivity contribution in [2.75, 3.05) is 19.7 Å². The lowest BCUT2D eigenvalue weighted by Gasteiger charge is -2.24. The minimum absolute atomic E-state index is 0.259.